The van der Waals surface area contributed by atoms with Gasteiger partial charge in [-0.25, -0.2) is 18.2 Å². The summed E-state index contributed by atoms with van der Waals surface area (Å²) in [6, 6.07) is 11.7. The minimum absolute atomic E-state index is 0.116. The fourth-order valence-corrected chi connectivity index (χ4v) is 3.94. The molecule has 3 aromatic rings. The molecular weight excluding hydrogens is 405 g/mol. The Morgan fingerprint density at radius 2 is 1.81 bits per heavy atom. The predicted molar refractivity (Wildman–Crippen MR) is 112 cm³/mol. The Labute approximate surface area is 177 Å². The molecule has 0 amide bonds. The number of aliphatic imine (C=N–C) groups is 1. The summed E-state index contributed by atoms with van der Waals surface area (Å²) in [5.41, 5.74) is 0.561. The van der Waals surface area contributed by atoms with Gasteiger partial charge in [-0.2, -0.15) is 0 Å². The van der Waals surface area contributed by atoms with Gasteiger partial charge in [0.25, 0.3) is 12.0 Å². The van der Waals surface area contributed by atoms with Gasteiger partial charge < -0.3 is 9.88 Å². The molecule has 1 aromatic carbocycles. The molecule has 0 saturated heterocycles. The molecule has 0 saturated carbocycles. The van der Waals surface area contributed by atoms with Crippen LogP contribution in [0.15, 0.2) is 70.7 Å². The van der Waals surface area contributed by atoms with Crippen molar-refractivity contribution in [2.45, 2.75) is 38.4 Å². The maximum absolute atomic E-state index is 13.6. The van der Waals surface area contributed by atoms with Crippen LogP contribution in [-0.4, -0.2) is 21.4 Å². The van der Waals surface area contributed by atoms with E-state index in [2.05, 4.69) is 10.3 Å². The Morgan fingerprint density at radius 1 is 1.10 bits per heavy atom. The molecule has 2 aromatic heterocycles. The van der Waals surface area contributed by atoms with Crippen LogP contribution in [0.2, 0.25) is 0 Å². The van der Waals surface area contributed by atoms with Gasteiger partial charge in [0.2, 0.25) is 0 Å². The fourth-order valence-electron chi connectivity index (χ4n) is 3.94. The minimum Gasteiger partial charge on any atom is -0.364 e. The van der Waals surface area contributed by atoms with Crippen LogP contribution in [0.5, 0.6) is 0 Å². The number of hydrogen-bond acceptors (Lipinski definition) is 4. The zero-order valence-electron chi connectivity index (χ0n) is 17.0. The number of amidine groups is 1. The molecule has 4 rings (SSSR count). The Morgan fingerprint density at radius 3 is 2.42 bits per heavy atom. The van der Waals surface area contributed by atoms with Crippen LogP contribution in [0.1, 0.15) is 42.7 Å². The maximum Gasteiger partial charge on any atom is 0.280 e. The Bertz CT molecular complexity index is 1170. The first kappa shape index (κ1) is 20.8. The van der Waals surface area contributed by atoms with E-state index >= 15 is 0 Å². The molecule has 3 heterocycles. The van der Waals surface area contributed by atoms with Crippen molar-refractivity contribution in [3.63, 3.8) is 0 Å². The van der Waals surface area contributed by atoms with Crippen molar-refractivity contribution in [3.8, 4) is 0 Å². The number of hydrogen-bond donors (Lipinski definition) is 1. The lowest BCUT2D eigenvalue weighted by Crippen LogP contribution is -2.41. The first-order valence-electron chi connectivity index (χ1n) is 9.93. The van der Waals surface area contributed by atoms with Crippen molar-refractivity contribution in [3.05, 3.63) is 99.5 Å². The van der Waals surface area contributed by atoms with Gasteiger partial charge in [0.05, 0.1) is 6.04 Å². The number of rotatable bonds is 5. The van der Waals surface area contributed by atoms with Gasteiger partial charge in [-0.15, -0.1) is 0 Å². The van der Waals surface area contributed by atoms with Crippen LogP contribution < -0.4 is 10.9 Å². The molecule has 2 atom stereocenters. The molecular formula is C23H21F3N4O. The molecule has 0 spiro atoms. The molecule has 1 aliphatic heterocycles. The van der Waals surface area contributed by atoms with E-state index in [4.69, 9.17) is 4.99 Å². The van der Waals surface area contributed by atoms with Crippen LogP contribution >= 0.6 is 0 Å². The lowest BCUT2D eigenvalue weighted by atomic mass is 9.79. The maximum atomic E-state index is 13.6. The fraction of sp³-hybridized carbons (Fsp3) is 0.261. The Hall–Kier alpha value is -3.42. The first-order valence-corrected chi connectivity index (χ1v) is 9.93. The summed E-state index contributed by atoms with van der Waals surface area (Å²) in [6.45, 7) is 4.30. The third-order valence-corrected chi connectivity index (χ3v) is 5.60. The number of nitrogens with one attached hydrogen (secondary N) is 1. The van der Waals surface area contributed by atoms with Crippen LogP contribution in [0.25, 0.3) is 0 Å². The number of alkyl halides is 2. The van der Waals surface area contributed by atoms with E-state index in [1.807, 2.05) is 13.8 Å². The van der Waals surface area contributed by atoms with E-state index in [1.54, 1.807) is 35.0 Å². The van der Waals surface area contributed by atoms with Crippen molar-refractivity contribution in [2.75, 3.05) is 0 Å². The van der Waals surface area contributed by atoms with E-state index in [0.29, 0.717) is 23.5 Å². The zero-order chi connectivity index (χ0) is 22.2. The van der Waals surface area contributed by atoms with Gasteiger partial charge in [-0.3, -0.25) is 9.78 Å². The normalized spacial score (nSPS) is 20.6. The smallest absolute Gasteiger partial charge is 0.280 e. The average Bonchev–Trinajstić information content (AvgIpc) is 3.12. The molecule has 0 bridgehead atoms. The summed E-state index contributed by atoms with van der Waals surface area (Å²) >= 11 is 0. The second kappa shape index (κ2) is 8.02. The summed E-state index contributed by atoms with van der Waals surface area (Å²) < 4.78 is 41.3. The van der Waals surface area contributed by atoms with Crippen LogP contribution in [0, 0.1) is 5.82 Å². The van der Waals surface area contributed by atoms with E-state index in [-0.39, 0.29) is 23.1 Å². The highest BCUT2D eigenvalue weighted by atomic mass is 19.3. The highest BCUT2D eigenvalue weighted by molar-refractivity contribution is 6.00. The molecule has 1 N–H and O–H groups in total. The average molecular weight is 426 g/mol. The summed E-state index contributed by atoms with van der Waals surface area (Å²) in [5.74, 6) is 0.167. The number of benzene rings is 1. The van der Waals surface area contributed by atoms with Crippen molar-refractivity contribution in [2.24, 2.45) is 4.99 Å². The molecule has 0 fully saturated rings. The highest BCUT2D eigenvalue weighted by Gasteiger charge is 2.45. The van der Waals surface area contributed by atoms with E-state index in [0.717, 1.165) is 5.56 Å². The molecule has 1 aliphatic rings. The molecule has 8 heteroatoms. The molecule has 0 unspecified atom stereocenters. The summed E-state index contributed by atoms with van der Waals surface area (Å²) in [4.78, 5) is 20.8. The van der Waals surface area contributed by atoms with Gasteiger partial charge in [0.1, 0.15) is 22.9 Å². The molecule has 0 aliphatic carbocycles. The molecule has 31 heavy (non-hydrogen) atoms. The van der Waals surface area contributed by atoms with Crippen LogP contribution in [0.4, 0.5) is 13.2 Å². The van der Waals surface area contributed by atoms with E-state index < -0.39 is 12.0 Å². The quantitative estimate of drug-likeness (QED) is 0.671. The highest BCUT2D eigenvalue weighted by Crippen LogP contribution is 2.41. The third-order valence-electron chi connectivity index (χ3n) is 5.60. The van der Waals surface area contributed by atoms with Crippen molar-refractivity contribution < 1.29 is 13.2 Å². The second-order valence-corrected chi connectivity index (χ2v) is 7.41. The number of aromatic nitrogens is 2. The number of halogens is 3. The van der Waals surface area contributed by atoms with Gasteiger partial charge in [0, 0.05) is 36.1 Å². The van der Waals surface area contributed by atoms with Crippen molar-refractivity contribution in [1.29, 1.82) is 0 Å². The monoisotopic (exact) mass is 426 g/mol. The Kier molecular flexibility index (Phi) is 5.39. The number of pyridine rings is 2. The second-order valence-electron chi connectivity index (χ2n) is 7.41. The standard InChI is InChI=1S/C23H21F3N4O/c1-3-30-13-15(4-11-20(30)31)22-28-14(2)23(29-22,16-5-8-18(24)9-6-16)17-7-10-19(21(25)26)27-12-17/h4-14,21H,3H2,1-2H3,(H,28,29)/t14-,23-/m0/s1. The van der Waals surface area contributed by atoms with Crippen molar-refractivity contribution >= 4 is 5.84 Å². The van der Waals surface area contributed by atoms with Crippen LogP contribution in [0.3, 0.4) is 0 Å². The van der Waals surface area contributed by atoms with Crippen molar-refractivity contribution in [1.82, 2.24) is 14.9 Å². The largest absolute Gasteiger partial charge is 0.364 e. The zero-order valence-corrected chi connectivity index (χ0v) is 17.0. The first-order chi connectivity index (χ1) is 14.8. The number of nitrogens with zero attached hydrogens (tertiary/aromatic N) is 3. The number of aryl methyl sites for hydroxylation is 1. The molecule has 160 valence electrons. The van der Waals surface area contributed by atoms with Gasteiger partial charge in [-0.1, -0.05) is 18.2 Å². The topological polar surface area (TPSA) is 59.3 Å². The lowest BCUT2D eigenvalue weighted by molar-refractivity contribution is 0.146. The third kappa shape index (κ3) is 3.62. The lowest BCUT2D eigenvalue weighted by Gasteiger charge is -2.31. The van der Waals surface area contributed by atoms with Gasteiger partial charge in [0.15, 0.2) is 0 Å². The summed E-state index contributed by atoms with van der Waals surface area (Å²) in [6.07, 6.45) is 0.437. The van der Waals surface area contributed by atoms with Gasteiger partial charge in [-0.05, 0) is 43.7 Å². The minimum atomic E-state index is -2.68. The van der Waals surface area contributed by atoms with E-state index in [1.165, 1.54) is 30.5 Å². The van der Waals surface area contributed by atoms with E-state index in [9.17, 15) is 18.0 Å². The molecule has 0 radical (unpaired) electrons. The Balaban J connectivity index is 1.90. The SMILES string of the molecule is CCn1cc(C2=N[C@@](c3ccc(F)cc3)(c3ccc(C(F)F)nc3)[C@H](C)N2)ccc1=O. The molecule has 5 nitrogen and oxygen atoms in total. The van der Waals surface area contributed by atoms with Gasteiger partial charge >= 0.3 is 0 Å². The summed E-state index contributed by atoms with van der Waals surface area (Å²) in [5, 5.41) is 3.35. The predicted octanol–water partition coefficient (Wildman–Crippen LogP) is 4.02. The van der Waals surface area contributed by atoms with Crippen LogP contribution in [-0.2, 0) is 12.1 Å². The summed E-state index contributed by atoms with van der Waals surface area (Å²) in [7, 11) is 0.